The first-order chi connectivity index (χ1) is 16.4. The maximum absolute atomic E-state index is 12.5. The lowest BCUT2D eigenvalue weighted by Crippen LogP contribution is -2.14. The normalized spacial score (nSPS) is 11.0. The fraction of sp³-hybridized carbons (Fsp3) is 0.261. The van der Waals surface area contributed by atoms with Crippen LogP contribution in [-0.4, -0.2) is 44.0 Å². The number of thioether (sulfide) groups is 2. The van der Waals surface area contributed by atoms with Gasteiger partial charge in [-0.05, 0) is 44.2 Å². The summed E-state index contributed by atoms with van der Waals surface area (Å²) in [7, 11) is 1.90. The number of thiazole rings is 1. The molecule has 11 heteroatoms. The standard InChI is InChI=1S/C23H23N5O3S3/c1-4-31-21(30)15-7-10-17-18(11-15)34-22(24-17)25-20(29)13-33-23-27-26-19(28(23)3)12-32-16-8-5-14(2)6-9-16/h5-11H,4,12-13H2,1-3H3,(H,24,25,29). The number of benzene rings is 2. The molecule has 0 aliphatic rings. The van der Waals surface area contributed by atoms with E-state index >= 15 is 0 Å². The summed E-state index contributed by atoms with van der Waals surface area (Å²) in [6.07, 6.45) is 0. The van der Waals surface area contributed by atoms with Crippen LogP contribution >= 0.6 is 34.9 Å². The van der Waals surface area contributed by atoms with Crippen molar-refractivity contribution in [3.8, 4) is 0 Å². The molecule has 2 heterocycles. The molecule has 4 aromatic rings. The third kappa shape index (κ3) is 5.96. The minimum atomic E-state index is -0.375. The average Bonchev–Trinajstić information content (AvgIpc) is 3.39. The van der Waals surface area contributed by atoms with E-state index in [1.807, 2.05) is 11.6 Å². The number of amides is 1. The first-order valence-corrected chi connectivity index (χ1v) is 13.3. The van der Waals surface area contributed by atoms with Crippen molar-refractivity contribution in [3.05, 3.63) is 59.4 Å². The molecule has 2 aromatic carbocycles. The van der Waals surface area contributed by atoms with Gasteiger partial charge in [-0.25, -0.2) is 9.78 Å². The van der Waals surface area contributed by atoms with Crippen molar-refractivity contribution in [2.45, 2.75) is 29.7 Å². The van der Waals surface area contributed by atoms with Gasteiger partial charge in [-0.1, -0.05) is 40.8 Å². The highest BCUT2D eigenvalue weighted by molar-refractivity contribution is 7.99. The second kappa shape index (κ2) is 11.0. The van der Waals surface area contributed by atoms with Crippen LogP contribution < -0.4 is 5.32 Å². The first kappa shape index (κ1) is 24.2. The maximum atomic E-state index is 12.5. The number of esters is 1. The number of rotatable bonds is 9. The second-order valence-corrected chi connectivity index (χ2v) is 10.3. The van der Waals surface area contributed by atoms with Gasteiger partial charge in [0.15, 0.2) is 10.3 Å². The highest BCUT2D eigenvalue weighted by Crippen LogP contribution is 2.28. The molecular weight excluding hydrogens is 490 g/mol. The molecule has 0 saturated carbocycles. The van der Waals surface area contributed by atoms with E-state index in [-0.39, 0.29) is 17.6 Å². The molecule has 0 saturated heterocycles. The van der Waals surface area contributed by atoms with Crippen LogP contribution in [-0.2, 0) is 22.3 Å². The quantitative estimate of drug-likeness (QED) is 0.248. The second-order valence-electron chi connectivity index (χ2n) is 7.32. The fourth-order valence-electron chi connectivity index (χ4n) is 2.98. The molecular formula is C23H23N5O3S3. The summed E-state index contributed by atoms with van der Waals surface area (Å²) in [6.45, 7) is 4.15. The lowest BCUT2D eigenvalue weighted by Gasteiger charge is -2.04. The monoisotopic (exact) mass is 513 g/mol. The molecule has 0 atom stereocenters. The summed E-state index contributed by atoms with van der Waals surface area (Å²) >= 11 is 4.33. The number of aryl methyl sites for hydroxylation is 1. The van der Waals surface area contributed by atoms with Gasteiger partial charge in [0.05, 0.1) is 33.9 Å². The lowest BCUT2D eigenvalue weighted by atomic mass is 10.2. The van der Waals surface area contributed by atoms with Gasteiger partial charge in [-0.2, -0.15) is 0 Å². The van der Waals surface area contributed by atoms with Crippen LogP contribution in [0.4, 0.5) is 5.13 Å². The van der Waals surface area contributed by atoms with Crippen molar-refractivity contribution in [2.75, 3.05) is 17.7 Å². The number of carbonyl (C=O) groups is 2. The number of hydrogen-bond donors (Lipinski definition) is 1. The molecule has 0 aliphatic carbocycles. The zero-order chi connectivity index (χ0) is 24.1. The van der Waals surface area contributed by atoms with Gasteiger partial charge in [0.1, 0.15) is 5.82 Å². The molecule has 4 rings (SSSR count). The van der Waals surface area contributed by atoms with E-state index in [1.165, 1.54) is 33.6 Å². The zero-order valence-electron chi connectivity index (χ0n) is 18.9. The average molecular weight is 514 g/mol. The van der Waals surface area contributed by atoms with Crippen molar-refractivity contribution in [2.24, 2.45) is 7.05 Å². The minimum Gasteiger partial charge on any atom is -0.462 e. The van der Waals surface area contributed by atoms with E-state index in [1.54, 1.807) is 36.9 Å². The third-order valence-electron chi connectivity index (χ3n) is 4.79. The Morgan fingerprint density at radius 3 is 2.68 bits per heavy atom. The zero-order valence-corrected chi connectivity index (χ0v) is 21.4. The predicted octanol–water partition coefficient (Wildman–Crippen LogP) is 4.93. The van der Waals surface area contributed by atoms with Gasteiger partial charge in [0.2, 0.25) is 5.91 Å². The number of nitrogens with zero attached hydrogens (tertiary/aromatic N) is 4. The van der Waals surface area contributed by atoms with Crippen LogP contribution in [0, 0.1) is 6.92 Å². The van der Waals surface area contributed by atoms with Crippen molar-refractivity contribution in [1.29, 1.82) is 0 Å². The van der Waals surface area contributed by atoms with Crippen LogP contribution in [0.15, 0.2) is 52.5 Å². The molecule has 1 amide bonds. The van der Waals surface area contributed by atoms with Gasteiger partial charge >= 0.3 is 5.97 Å². The summed E-state index contributed by atoms with van der Waals surface area (Å²) in [6, 6.07) is 13.5. The Morgan fingerprint density at radius 2 is 1.91 bits per heavy atom. The summed E-state index contributed by atoms with van der Waals surface area (Å²) in [5.74, 6) is 1.16. The Balaban J connectivity index is 1.32. The van der Waals surface area contributed by atoms with Gasteiger partial charge < -0.3 is 14.6 Å². The van der Waals surface area contributed by atoms with E-state index in [2.05, 4.69) is 51.7 Å². The minimum absolute atomic E-state index is 0.182. The third-order valence-corrected chi connectivity index (χ3v) is 7.75. The summed E-state index contributed by atoms with van der Waals surface area (Å²) < 4.78 is 7.75. The van der Waals surface area contributed by atoms with Crippen molar-refractivity contribution >= 4 is 62.1 Å². The van der Waals surface area contributed by atoms with Gasteiger partial charge in [0, 0.05) is 11.9 Å². The SMILES string of the molecule is CCOC(=O)c1ccc2nc(NC(=O)CSc3nnc(CSc4ccc(C)cc4)n3C)sc2c1. The number of aromatic nitrogens is 4. The molecule has 8 nitrogen and oxygen atoms in total. The Morgan fingerprint density at radius 1 is 1.12 bits per heavy atom. The Kier molecular flexibility index (Phi) is 7.86. The van der Waals surface area contributed by atoms with E-state index in [9.17, 15) is 9.59 Å². The number of nitrogens with one attached hydrogen (secondary N) is 1. The molecule has 0 unspecified atom stereocenters. The molecule has 176 valence electrons. The number of anilines is 1. The fourth-order valence-corrected chi connectivity index (χ4v) is 5.51. The van der Waals surface area contributed by atoms with Gasteiger partial charge in [-0.3, -0.25) is 4.79 Å². The summed E-state index contributed by atoms with van der Waals surface area (Å²) in [5.41, 5.74) is 2.40. The number of fused-ring (bicyclic) bond motifs is 1. The molecule has 2 aromatic heterocycles. The van der Waals surface area contributed by atoms with E-state index in [0.29, 0.717) is 33.7 Å². The Labute approximate surface area is 209 Å². The van der Waals surface area contributed by atoms with Crippen molar-refractivity contribution in [1.82, 2.24) is 19.7 Å². The largest absolute Gasteiger partial charge is 0.462 e. The van der Waals surface area contributed by atoms with Crippen LogP contribution in [0.2, 0.25) is 0 Å². The number of hydrogen-bond acceptors (Lipinski definition) is 9. The van der Waals surface area contributed by atoms with Crippen molar-refractivity contribution < 1.29 is 14.3 Å². The highest BCUT2D eigenvalue weighted by atomic mass is 32.2. The Hall–Kier alpha value is -2.89. The lowest BCUT2D eigenvalue weighted by molar-refractivity contribution is -0.113. The molecule has 0 spiro atoms. The van der Waals surface area contributed by atoms with Gasteiger partial charge in [-0.15, -0.1) is 22.0 Å². The highest BCUT2D eigenvalue weighted by Gasteiger charge is 2.14. The van der Waals surface area contributed by atoms with Crippen molar-refractivity contribution in [3.63, 3.8) is 0 Å². The molecule has 0 fully saturated rings. The number of ether oxygens (including phenoxy) is 1. The summed E-state index contributed by atoms with van der Waals surface area (Å²) in [4.78, 5) is 30.0. The molecule has 34 heavy (non-hydrogen) atoms. The maximum Gasteiger partial charge on any atom is 0.338 e. The molecule has 1 N–H and O–H groups in total. The smallest absolute Gasteiger partial charge is 0.338 e. The first-order valence-electron chi connectivity index (χ1n) is 10.5. The van der Waals surface area contributed by atoms with E-state index in [4.69, 9.17) is 4.74 Å². The van der Waals surface area contributed by atoms with Crippen LogP contribution in [0.1, 0.15) is 28.7 Å². The molecule has 0 aliphatic heterocycles. The summed E-state index contributed by atoms with van der Waals surface area (Å²) in [5, 5.41) is 12.5. The molecule has 0 bridgehead atoms. The predicted molar refractivity (Wildman–Crippen MR) is 137 cm³/mol. The van der Waals surface area contributed by atoms with E-state index < -0.39 is 0 Å². The molecule has 0 radical (unpaired) electrons. The van der Waals surface area contributed by atoms with Crippen LogP contribution in [0.5, 0.6) is 0 Å². The van der Waals surface area contributed by atoms with Crippen LogP contribution in [0.25, 0.3) is 10.2 Å². The van der Waals surface area contributed by atoms with Crippen LogP contribution in [0.3, 0.4) is 0 Å². The number of carbonyl (C=O) groups excluding carboxylic acids is 2. The van der Waals surface area contributed by atoms with E-state index in [0.717, 1.165) is 10.5 Å². The van der Waals surface area contributed by atoms with Gasteiger partial charge in [0.25, 0.3) is 0 Å². The topological polar surface area (TPSA) is 99.0 Å². The Bertz CT molecular complexity index is 1320.